The first kappa shape index (κ1) is 16.1. The summed E-state index contributed by atoms with van der Waals surface area (Å²) >= 11 is 0. The minimum atomic E-state index is -0.800. The number of esters is 2. The standard InChI is InChI=1S/C20H14O3/c1-5-15-11-13(3)7-9-17(15)19(21)23-20(22)18-10-8-14(4)12-16(18)6-2/h1-2,7-12H,3-4H3. The smallest absolute Gasteiger partial charge is 0.347 e. The van der Waals surface area contributed by atoms with Crippen LogP contribution >= 0.6 is 0 Å². The van der Waals surface area contributed by atoms with Crippen molar-refractivity contribution >= 4 is 11.9 Å². The molecule has 0 saturated carbocycles. The normalized spacial score (nSPS) is 9.57. The van der Waals surface area contributed by atoms with Crippen LogP contribution in [0.25, 0.3) is 0 Å². The van der Waals surface area contributed by atoms with Gasteiger partial charge in [0.15, 0.2) is 0 Å². The zero-order valence-electron chi connectivity index (χ0n) is 12.8. The van der Waals surface area contributed by atoms with E-state index in [0.717, 1.165) is 11.1 Å². The molecule has 0 unspecified atom stereocenters. The Hall–Kier alpha value is -3.30. The van der Waals surface area contributed by atoms with Crippen molar-refractivity contribution in [3.8, 4) is 24.7 Å². The molecule has 0 radical (unpaired) electrons. The molecule has 0 aliphatic carbocycles. The molecule has 0 N–H and O–H groups in total. The molecule has 0 saturated heterocycles. The number of aryl methyl sites for hydroxylation is 2. The fourth-order valence-electron chi connectivity index (χ4n) is 2.11. The van der Waals surface area contributed by atoms with Gasteiger partial charge in [-0.25, -0.2) is 9.59 Å². The second-order valence-electron chi connectivity index (χ2n) is 5.06. The topological polar surface area (TPSA) is 43.4 Å². The highest BCUT2D eigenvalue weighted by atomic mass is 16.6. The van der Waals surface area contributed by atoms with E-state index >= 15 is 0 Å². The summed E-state index contributed by atoms with van der Waals surface area (Å²) in [6, 6.07) is 9.88. The van der Waals surface area contributed by atoms with Crippen LogP contribution in [0.4, 0.5) is 0 Å². The lowest BCUT2D eigenvalue weighted by molar-refractivity contribution is 0.0397. The van der Waals surface area contributed by atoms with Crippen LogP contribution < -0.4 is 0 Å². The number of benzene rings is 2. The lowest BCUT2D eigenvalue weighted by atomic mass is 10.0. The first-order valence-electron chi connectivity index (χ1n) is 6.87. The molecule has 0 aliphatic heterocycles. The van der Waals surface area contributed by atoms with Crippen LogP contribution in [0.3, 0.4) is 0 Å². The van der Waals surface area contributed by atoms with Crippen LogP contribution in [0.5, 0.6) is 0 Å². The van der Waals surface area contributed by atoms with Gasteiger partial charge in [-0.1, -0.05) is 24.0 Å². The number of carbonyl (C=O) groups excluding carboxylic acids is 2. The van der Waals surface area contributed by atoms with E-state index in [1.165, 1.54) is 12.1 Å². The molecular formula is C20H14O3. The monoisotopic (exact) mass is 302 g/mol. The highest BCUT2D eigenvalue weighted by molar-refractivity contribution is 6.04. The quantitative estimate of drug-likeness (QED) is 0.486. The Morgan fingerprint density at radius 2 is 1.22 bits per heavy atom. The number of rotatable bonds is 2. The van der Waals surface area contributed by atoms with E-state index in [-0.39, 0.29) is 11.1 Å². The lowest BCUT2D eigenvalue weighted by Gasteiger charge is -2.08. The molecule has 23 heavy (non-hydrogen) atoms. The number of carbonyl (C=O) groups is 2. The van der Waals surface area contributed by atoms with Crippen LogP contribution in [0.2, 0.25) is 0 Å². The summed E-state index contributed by atoms with van der Waals surface area (Å²) in [6.45, 7) is 3.71. The maximum Gasteiger partial charge on any atom is 0.347 e. The van der Waals surface area contributed by atoms with Crippen molar-refractivity contribution in [1.29, 1.82) is 0 Å². The Labute approximate surface area is 135 Å². The average Bonchev–Trinajstić information content (AvgIpc) is 2.54. The lowest BCUT2D eigenvalue weighted by Crippen LogP contribution is -2.15. The van der Waals surface area contributed by atoms with Crippen molar-refractivity contribution in [1.82, 2.24) is 0 Å². The van der Waals surface area contributed by atoms with E-state index < -0.39 is 11.9 Å². The summed E-state index contributed by atoms with van der Waals surface area (Å²) in [4.78, 5) is 24.4. The second kappa shape index (κ2) is 6.64. The Kier molecular flexibility index (Phi) is 4.64. The van der Waals surface area contributed by atoms with Crippen LogP contribution in [-0.2, 0) is 4.74 Å². The van der Waals surface area contributed by atoms with Gasteiger partial charge < -0.3 is 4.74 Å². The molecule has 0 heterocycles. The molecule has 3 nitrogen and oxygen atoms in total. The molecule has 2 rings (SSSR count). The Bertz CT molecular complexity index is 803. The van der Waals surface area contributed by atoms with Gasteiger partial charge >= 0.3 is 11.9 Å². The molecule has 2 aromatic rings. The van der Waals surface area contributed by atoms with Gasteiger partial charge in [0.05, 0.1) is 11.1 Å². The third-order valence-corrected chi connectivity index (χ3v) is 3.29. The van der Waals surface area contributed by atoms with Crippen molar-refractivity contribution in [3.63, 3.8) is 0 Å². The van der Waals surface area contributed by atoms with Crippen LogP contribution in [0.15, 0.2) is 36.4 Å². The van der Waals surface area contributed by atoms with Crippen molar-refractivity contribution in [2.24, 2.45) is 0 Å². The predicted octanol–water partition coefficient (Wildman–Crippen LogP) is 3.26. The molecule has 2 aromatic carbocycles. The SMILES string of the molecule is C#Cc1cc(C)ccc1C(=O)OC(=O)c1ccc(C)cc1C#C. The third kappa shape index (κ3) is 3.48. The van der Waals surface area contributed by atoms with Crippen molar-refractivity contribution in [3.05, 3.63) is 69.8 Å². The third-order valence-electron chi connectivity index (χ3n) is 3.29. The van der Waals surface area contributed by atoms with Gasteiger partial charge in [0, 0.05) is 11.1 Å². The van der Waals surface area contributed by atoms with Gasteiger partial charge in [0.1, 0.15) is 0 Å². The maximum absolute atomic E-state index is 12.2. The average molecular weight is 302 g/mol. The molecular weight excluding hydrogens is 288 g/mol. The van der Waals surface area contributed by atoms with Crippen molar-refractivity contribution in [2.45, 2.75) is 13.8 Å². The Morgan fingerprint density at radius 1 is 0.826 bits per heavy atom. The molecule has 0 spiro atoms. The van der Waals surface area contributed by atoms with Gasteiger partial charge in [-0.2, -0.15) is 0 Å². The molecule has 0 bridgehead atoms. The van der Waals surface area contributed by atoms with Crippen molar-refractivity contribution < 1.29 is 14.3 Å². The molecule has 0 amide bonds. The Morgan fingerprint density at radius 3 is 1.57 bits per heavy atom. The molecule has 0 aliphatic rings. The molecule has 0 aromatic heterocycles. The molecule has 3 heteroatoms. The number of terminal acetylenes is 2. The summed E-state index contributed by atoms with van der Waals surface area (Å²) in [5.74, 6) is 3.23. The maximum atomic E-state index is 12.2. The molecule has 0 atom stereocenters. The second-order valence-corrected chi connectivity index (χ2v) is 5.06. The van der Waals surface area contributed by atoms with E-state index in [1.807, 2.05) is 13.8 Å². The first-order chi connectivity index (χ1) is 11.0. The fraction of sp³-hybridized carbons (Fsp3) is 0.100. The van der Waals surface area contributed by atoms with Gasteiger partial charge in [0.25, 0.3) is 0 Å². The predicted molar refractivity (Wildman–Crippen MR) is 88.0 cm³/mol. The van der Waals surface area contributed by atoms with Gasteiger partial charge in [-0.15, -0.1) is 12.8 Å². The van der Waals surface area contributed by atoms with Crippen molar-refractivity contribution in [2.75, 3.05) is 0 Å². The van der Waals surface area contributed by atoms with E-state index in [4.69, 9.17) is 17.6 Å². The number of hydrogen-bond acceptors (Lipinski definition) is 3. The van der Waals surface area contributed by atoms with Gasteiger partial charge in [-0.05, 0) is 49.2 Å². The summed E-state index contributed by atoms with van der Waals surface area (Å²) < 4.78 is 4.92. The molecule has 112 valence electrons. The number of hydrogen-bond donors (Lipinski definition) is 0. The zero-order valence-corrected chi connectivity index (χ0v) is 12.8. The minimum Gasteiger partial charge on any atom is -0.386 e. The summed E-state index contributed by atoms with van der Waals surface area (Å²) in [5.41, 5.74) is 2.91. The highest BCUT2D eigenvalue weighted by Gasteiger charge is 2.19. The first-order valence-corrected chi connectivity index (χ1v) is 6.87. The van der Waals surface area contributed by atoms with Gasteiger partial charge in [-0.3, -0.25) is 0 Å². The summed E-state index contributed by atoms with van der Waals surface area (Å²) in [7, 11) is 0. The Balaban J connectivity index is 2.30. The number of ether oxygens (including phenoxy) is 1. The van der Waals surface area contributed by atoms with Crippen LogP contribution in [0, 0.1) is 38.5 Å². The molecule has 0 fully saturated rings. The fourth-order valence-corrected chi connectivity index (χ4v) is 2.11. The van der Waals surface area contributed by atoms with E-state index in [0.29, 0.717) is 11.1 Å². The van der Waals surface area contributed by atoms with Gasteiger partial charge in [0.2, 0.25) is 0 Å². The summed E-state index contributed by atoms with van der Waals surface area (Å²) in [5, 5.41) is 0. The van der Waals surface area contributed by atoms with E-state index in [9.17, 15) is 9.59 Å². The van der Waals surface area contributed by atoms with Crippen LogP contribution in [0.1, 0.15) is 43.0 Å². The minimum absolute atomic E-state index is 0.167. The highest BCUT2D eigenvalue weighted by Crippen LogP contribution is 2.16. The van der Waals surface area contributed by atoms with E-state index in [2.05, 4.69) is 11.8 Å². The summed E-state index contributed by atoms with van der Waals surface area (Å²) in [6.07, 6.45) is 10.8. The largest absolute Gasteiger partial charge is 0.386 e. The zero-order chi connectivity index (χ0) is 17.0. The van der Waals surface area contributed by atoms with Crippen LogP contribution in [-0.4, -0.2) is 11.9 Å². The van der Waals surface area contributed by atoms with E-state index in [1.54, 1.807) is 24.3 Å².